The van der Waals surface area contributed by atoms with E-state index >= 15 is 0 Å². The van der Waals surface area contributed by atoms with Gasteiger partial charge in [-0.15, -0.1) is 0 Å². The van der Waals surface area contributed by atoms with E-state index in [0.717, 1.165) is 45.1 Å². The molecule has 0 amide bonds. The van der Waals surface area contributed by atoms with Gasteiger partial charge in [-0.3, -0.25) is 20.1 Å². The molecule has 0 aliphatic rings. The molecule has 11 heteroatoms. The molecule has 0 radical (unpaired) electrons. The van der Waals surface area contributed by atoms with Gasteiger partial charge in [0.15, 0.2) is 0 Å². The van der Waals surface area contributed by atoms with Crippen LogP contribution in [-0.2, 0) is 33.9 Å². The summed E-state index contributed by atoms with van der Waals surface area (Å²) in [7, 11) is 0. The van der Waals surface area contributed by atoms with Crippen LogP contribution in [0.1, 0.15) is 11.1 Å². The summed E-state index contributed by atoms with van der Waals surface area (Å²) in [6.45, 7) is 0.984. The van der Waals surface area contributed by atoms with E-state index in [2.05, 4.69) is 9.97 Å². The quantitative estimate of drug-likeness (QED) is 0.0617. The Labute approximate surface area is 282 Å². The van der Waals surface area contributed by atoms with Gasteiger partial charge in [-0.25, -0.2) is 0 Å². The van der Waals surface area contributed by atoms with E-state index < -0.39 is 0 Å². The number of hydrogen-bond donors (Lipinski definition) is 3. The van der Waals surface area contributed by atoms with Gasteiger partial charge in [-0.05, 0) is 47.5 Å². The van der Waals surface area contributed by atoms with Gasteiger partial charge in [0.25, 0.3) is 5.69 Å². The summed E-state index contributed by atoms with van der Waals surface area (Å²) in [6.07, 6.45) is 8.08. The Morgan fingerprint density at radius 3 is 1.57 bits per heavy atom. The molecule has 240 valence electrons. The molecular weight excluding hydrogens is 764 g/mol. The van der Waals surface area contributed by atoms with E-state index in [1.807, 2.05) is 60.7 Å². The number of anilines is 3. The van der Waals surface area contributed by atoms with Crippen molar-refractivity contribution in [1.29, 1.82) is 0 Å². The normalized spacial score (nSPS) is 10.2. The molecule has 0 aliphatic carbocycles. The summed E-state index contributed by atoms with van der Waals surface area (Å²) >= 11 is 0. The number of aromatic nitrogens is 2. The molecular formula is C35H35N6O4Pt-. The fourth-order valence-corrected chi connectivity index (χ4v) is 4.83. The van der Waals surface area contributed by atoms with Crippen LogP contribution in [0.2, 0.25) is 0 Å². The zero-order chi connectivity index (χ0) is 30.9. The molecule has 0 saturated heterocycles. The number of ether oxygens (including phenoxy) is 2. The first-order valence-electron chi connectivity index (χ1n) is 14.0. The number of non-ortho nitro benzene ring substituents is 1. The number of pyridine rings is 2. The van der Waals surface area contributed by atoms with Crippen LogP contribution in [0.25, 0.3) is 21.5 Å². The molecule has 2 aromatic heterocycles. The molecule has 6 aromatic rings. The Bertz CT molecular complexity index is 1920. The van der Waals surface area contributed by atoms with Gasteiger partial charge < -0.3 is 34.1 Å². The van der Waals surface area contributed by atoms with Crippen LogP contribution in [0.3, 0.4) is 0 Å². The van der Waals surface area contributed by atoms with Crippen molar-refractivity contribution < 1.29 is 35.5 Å². The van der Waals surface area contributed by atoms with E-state index in [9.17, 15) is 10.1 Å². The van der Waals surface area contributed by atoms with E-state index in [-0.39, 0.29) is 39.1 Å². The van der Waals surface area contributed by atoms with Crippen LogP contribution in [0.4, 0.5) is 22.7 Å². The molecule has 46 heavy (non-hydrogen) atoms. The first-order valence-corrected chi connectivity index (χ1v) is 14.0. The molecule has 4 aromatic carbocycles. The molecule has 0 atom stereocenters. The van der Waals surface area contributed by atoms with Crippen LogP contribution < -0.4 is 26.7 Å². The van der Waals surface area contributed by atoms with Crippen LogP contribution in [-0.4, -0.2) is 28.1 Å². The molecule has 10 nitrogen and oxygen atoms in total. The third-order valence-electron chi connectivity index (χ3n) is 7.13. The van der Waals surface area contributed by atoms with Crippen molar-refractivity contribution in [2.45, 2.75) is 12.8 Å². The van der Waals surface area contributed by atoms with Crippen molar-refractivity contribution in [3.63, 3.8) is 0 Å². The summed E-state index contributed by atoms with van der Waals surface area (Å²) in [5, 5.41) is 14.4. The number of hydrogen-bond acceptors (Lipinski definition) is 9. The standard InChI is InChI=1S/C17H15N3O3.C17H17N3O.CH3.Pt/c18-15-11-19-9-7-12(15)8-10-23-17-6-5-16(20(21)22)13-3-1-2-4-14(13)17;18-15-5-6-17(14-4-2-1-3-13(14)15)21-10-8-12-7-9-20-11-16(12)19;;/h1-7,9,11H,8,10,18H2;1-7,9,11H,8,10,18-19H2;1H3;/q;;-1;. The van der Waals surface area contributed by atoms with Gasteiger partial charge in [0.1, 0.15) is 11.5 Å². The number of nitrogen functional groups attached to an aromatic ring is 3. The van der Waals surface area contributed by atoms with Gasteiger partial charge in [0.2, 0.25) is 0 Å². The molecule has 6 rings (SSSR count). The Hall–Kier alpha value is -5.21. The molecule has 0 aliphatic heterocycles. The summed E-state index contributed by atoms with van der Waals surface area (Å²) < 4.78 is 11.7. The summed E-state index contributed by atoms with van der Waals surface area (Å²) in [5.41, 5.74) is 21.9. The summed E-state index contributed by atoms with van der Waals surface area (Å²) in [6, 6.07) is 25.8. The zero-order valence-corrected chi connectivity index (χ0v) is 27.5. The summed E-state index contributed by atoms with van der Waals surface area (Å²) in [4.78, 5) is 18.7. The van der Waals surface area contributed by atoms with Gasteiger partial charge in [-0.1, -0.05) is 42.5 Å². The van der Waals surface area contributed by atoms with E-state index in [0.29, 0.717) is 42.1 Å². The fraction of sp³-hybridized carbons (Fsp3) is 0.114. The monoisotopic (exact) mass is 798 g/mol. The molecule has 0 fully saturated rings. The van der Waals surface area contributed by atoms with Crippen molar-refractivity contribution in [1.82, 2.24) is 9.97 Å². The Morgan fingerprint density at radius 1 is 0.609 bits per heavy atom. The molecule has 0 saturated carbocycles. The molecule has 0 spiro atoms. The van der Waals surface area contributed by atoms with Crippen molar-refractivity contribution in [3.05, 3.63) is 138 Å². The van der Waals surface area contributed by atoms with Crippen LogP contribution in [0.5, 0.6) is 11.5 Å². The molecule has 0 bridgehead atoms. The van der Waals surface area contributed by atoms with Gasteiger partial charge in [0, 0.05) is 74.2 Å². The van der Waals surface area contributed by atoms with E-state index in [1.165, 1.54) is 6.07 Å². The summed E-state index contributed by atoms with van der Waals surface area (Å²) in [5.74, 6) is 1.46. The third kappa shape index (κ3) is 8.49. The number of nitrogens with two attached hydrogens (primary N) is 3. The topological polar surface area (TPSA) is 165 Å². The fourth-order valence-electron chi connectivity index (χ4n) is 4.83. The van der Waals surface area contributed by atoms with Crippen LogP contribution in [0.15, 0.2) is 110 Å². The predicted molar refractivity (Wildman–Crippen MR) is 181 cm³/mol. The second-order valence-corrected chi connectivity index (χ2v) is 9.93. The number of rotatable bonds is 9. The number of nitro benzene ring substituents is 1. The van der Waals surface area contributed by atoms with Crippen molar-refractivity contribution in [2.75, 3.05) is 30.4 Å². The first-order chi connectivity index (χ1) is 21.4. The van der Waals surface area contributed by atoms with Crippen molar-refractivity contribution >= 4 is 44.3 Å². The van der Waals surface area contributed by atoms with Crippen LogP contribution >= 0.6 is 0 Å². The predicted octanol–water partition coefficient (Wildman–Crippen LogP) is 6.82. The average molecular weight is 799 g/mol. The van der Waals surface area contributed by atoms with E-state index in [1.54, 1.807) is 43.0 Å². The second kappa shape index (κ2) is 16.7. The maximum Gasteiger partial charge on any atom is 0.277 e. The average Bonchev–Trinajstić information content (AvgIpc) is 3.04. The van der Waals surface area contributed by atoms with Crippen molar-refractivity contribution in [2.24, 2.45) is 0 Å². The van der Waals surface area contributed by atoms with E-state index in [4.69, 9.17) is 26.7 Å². The maximum absolute atomic E-state index is 11.1. The number of benzene rings is 4. The zero-order valence-electron chi connectivity index (χ0n) is 25.2. The maximum atomic E-state index is 11.1. The largest absolute Gasteiger partial charge is 0.493 e. The van der Waals surface area contributed by atoms with Crippen LogP contribution in [0, 0.1) is 17.5 Å². The van der Waals surface area contributed by atoms with Gasteiger partial charge in [-0.2, -0.15) is 0 Å². The van der Waals surface area contributed by atoms with Gasteiger partial charge >= 0.3 is 0 Å². The third-order valence-corrected chi connectivity index (χ3v) is 7.13. The second-order valence-electron chi connectivity index (χ2n) is 9.93. The molecule has 6 N–H and O–H groups in total. The Balaban J connectivity index is 0.000000241. The van der Waals surface area contributed by atoms with Gasteiger partial charge in [0.05, 0.1) is 47.3 Å². The smallest absolute Gasteiger partial charge is 0.277 e. The minimum atomic E-state index is -0.385. The minimum Gasteiger partial charge on any atom is -0.493 e. The Kier molecular flexibility index (Phi) is 12.8. The number of nitro groups is 1. The SMILES string of the molecule is Nc1cnccc1CCOc1ccc(N)c2ccccc12.Nc1cnccc1CCOc1ccc([N+](=O)[O-])c2ccccc12.[CH3-].[Pt]. The molecule has 0 unspecified atom stereocenters. The molecule has 2 heterocycles. The number of fused-ring (bicyclic) bond motifs is 2. The Morgan fingerprint density at radius 2 is 1.07 bits per heavy atom. The minimum absolute atomic E-state index is 0. The van der Waals surface area contributed by atoms with Crippen molar-refractivity contribution in [3.8, 4) is 11.5 Å². The first kappa shape index (κ1) is 35.3. The number of nitrogens with zero attached hydrogens (tertiary/aromatic N) is 3.